The maximum Gasteiger partial charge on any atom is 0.213 e. The molecule has 3 aromatic rings. The largest absolute Gasteiger partial charge is 0.481 e. The molecule has 0 radical (unpaired) electrons. The van der Waals surface area contributed by atoms with Gasteiger partial charge in [0.2, 0.25) is 5.88 Å². The number of aromatic nitrogens is 3. The zero-order valence-electron chi connectivity index (χ0n) is 12.5. The molecule has 23 heavy (non-hydrogen) atoms. The van der Waals surface area contributed by atoms with Crippen LogP contribution in [-0.2, 0) is 6.42 Å². The first kappa shape index (κ1) is 15.8. The van der Waals surface area contributed by atoms with Crippen LogP contribution < -0.4 is 4.74 Å². The molecule has 0 bridgehead atoms. The number of H-pyrrole nitrogens is 1. The third-order valence-electron chi connectivity index (χ3n) is 3.66. The molecule has 118 valence electrons. The maximum absolute atomic E-state index is 6.42. The Hall–Kier alpha value is -2.04. The topological polar surface area (TPSA) is 50.8 Å². The molecule has 1 aromatic carbocycles. The van der Waals surface area contributed by atoms with Crippen LogP contribution in [-0.4, -0.2) is 22.1 Å². The Morgan fingerprint density at radius 1 is 1.17 bits per heavy atom. The summed E-state index contributed by atoms with van der Waals surface area (Å²) in [5.41, 5.74) is 2.80. The van der Waals surface area contributed by atoms with Gasteiger partial charge in [-0.1, -0.05) is 41.4 Å². The average Bonchev–Trinajstić information content (AvgIpc) is 3.10. The second kappa shape index (κ2) is 7.02. The molecule has 1 N–H and O–H groups in total. The van der Waals surface area contributed by atoms with Crippen molar-refractivity contribution in [2.24, 2.45) is 0 Å². The Balaban J connectivity index is 2.01. The monoisotopic (exact) mass is 347 g/mol. The molecule has 0 aliphatic carbocycles. The van der Waals surface area contributed by atoms with Gasteiger partial charge in [0.25, 0.3) is 0 Å². The molecule has 0 aliphatic rings. The lowest BCUT2D eigenvalue weighted by atomic mass is 9.91. The Bertz CT molecular complexity index is 790. The smallest absolute Gasteiger partial charge is 0.213 e. The minimum absolute atomic E-state index is 0.0247. The predicted octanol–water partition coefficient (Wildman–Crippen LogP) is 4.49. The zero-order chi connectivity index (χ0) is 16.2. The van der Waals surface area contributed by atoms with Gasteiger partial charge in [-0.3, -0.25) is 0 Å². The van der Waals surface area contributed by atoms with E-state index in [1.807, 2.05) is 30.3 Å². The van der Waals surface area contributed by atoms with Crippen LogP contribution >= 0.6 is 23.2 Å². The van der Waals surface area contributed by atoms with Gasteiger partial charge in [-0.05, 0) is 17.7 Å². The van der Waals surface area contributed by atoms with Crippen molar-refractivity contribution in [2.75, 3.05) is 7.11 Å². The van der Waals surface area contributed by atoms with Crippen molar-refractivity contribution in [1.82, 2.24) is 15.0 Å². The molecular weight excluding hydrogens is 333 g/mol. The van der Waals surface area contributed by atoms with E-state index < -0.39 is 0 Å². The molecule has 3 rings (SSSR count). The summed E-state index contributed by atoms with van der Waals surface area (Å²) in [5, 5.41) is 1.09. The van der Waals surface area contributed by atoms with Crippen molar-refractivity contribution in [3.63, 3.8) is 0 Å². The quantitative estimate of drug-likeness (QED) is 0.739. The molecule has 6 heteroatoms. The van der Waals surface area contributed by atoms with Gasteiger partial charge >= 0.3 is 0 Å². The van der Waals surface area contributed by atoms with Crippen molar-refractivity contribution in [2.45, 2.75) is 12.3 Å². The fourth-order valence-electron chi connectivity index (χ4n) is 2.53. The molecule has 0 spiro atoms. The van der Waals surface area contributed by atoms with E-state index >= 15 is 0 Å². The highest BCUT2D eigenvalue weighted by molar-refractivity contribution is 6.42. The van der Waals surface area contributed by atoms with E-state index in [1.54, 1.807) is 25.7 Å². The van der Waals surface area contributed by atoms with Crippen molar-refractivity contribution in [3.8, 4) is 5.88 Å². The van der Waals surface area contributed by atoms with Crippen LogP contribution in [0.3, 0.4) is 0 Å². The number of aromatic amines is 1. The molecule has 0 saturated heterocycles. The van der Waals surface area contributed by atoms with Crippen molar-refractivity contribution in [3.05, 3.63) is 75.9 Å². The second-order valence-corrected chi connectivity index (χ2v) is 5.86. The number of pyridine rings is 1. The lowest BCUT2D eigenvalue weighted by Gasteiger charge is -2.18. The van der Waals surface area contributed by atoms with Crippen molar-refractivity contribution >= 4 is 23.2 Å². The van der Waals surface area contributed by atoms with Crippen LogP contribution in [0.1, 0.15) is 22.9 Å². The summed E-state index contributed by atoms with van der Waals surface area (Å²) in [7, 11) is 1.60. The molecule has 1 atom stereocenters. The first-order chi connectivity index (χ1) is 11.2. The van der Waals surface area contributed by atoms with Gasteiger partial charge in [0.1, 0.15) is 0 Å². The van der Waals surface area contributed by atoms with Crippen molar-refractivity contribution < 1.29 is 4.74 Å². The van der Waals surface area contributed by atoms with Crippen LogP contribution in [0.5, 0.6) is 5.88 Å². The number of methoxy groups -OCH3 is 1. The van der Waals surface area contributed by atoms with Gasteiger partial charge < -0.3 is 9.72 Å². The van der Waals surface area contributed by atoms with Gasteiger partial charge in [-0.2, -0.15) is 0 Å². The molecule has 2 heterocycles. The zero-order valence-corrected chi connectivity index (χ0v) is 14.0. The summed E-state index contributed by atoms with van der Waals surface area (Å²) in [6.07, 6.45) is 4.10. The highest BCUT2D eigenvalue weighted by Crippen LogP contribution is 2.35. The highest BCUT2D eigenvalue weighted by atomic mass is 35.5. The molecular formula is C17H15Cl2N3O. The lowest BCUT2D eigenvalue weighted by Crippen LogP contribution is -2.08. The minimum Gasteiger partial charge on any atom is -0.481 e. The minimum atomic E-state index is -0.0247. The number of hydrogen-bond donors (Lipinski definition) is 1. The van der Waals surface area contributed by atoms with E-state index in [2.05, 4.69) is 15.0 Å². The third kappa shape index (κ3) is 3.49. The molecule has 0 fully saturated rings. The fourth-order valence-corrected chi connectivity index (χ4v) is 2.97. The summed E-state index contributed by atoms with van der Waals surface area (Å²) >= 11 is 12.6. The Morgan fingerprint density at radius 3 is 2.74 bits per heavy atom. The second-order valence-electron chi connectivity index (χ2n) is 5.08. The van der Waals surface area contributed by atoms with Crippen LogP contribution in [0.4, 0.5) is 0 Å². The summed E-state index contributed by atoms with van der Waals surface area (Å²) in [6, 6.07) is 11.4. The number of rotatable bonds is 5. The van der Waals surface area contributed by atoms with Crippen LogP contribution in [0.15, 0.2) is 48.9 Å². The number of benzene rings is 1. The Labute approximate surface area is 144 Å². The van der Waals surface area contributed by atoms with Crippen LogP contribution in [0, 0.1) is 0 Å². The summed E-state index contributed by atoms with van der Waals surface area (Å²) in [6.45, 7) is 0. The average molecular weight is 348 g/mol. The molecule has 2 aromatic heterocycles. The van der Waals surface area contributed by atoms with E-state index in [9.17, 15) is 0 Å². The van der Waals surface area contributed by atoms with Gasteiger partial charge in [-0.15, -0.1) is 0 Å². The normalized spacial score (nSPS) is 12.1. The number of hydrogen-bond acceptors (Lipinski definition) is 3. The highest BCUT2D eigenvalue weighted by Gasteiger charge is 2.21. The molecule has 0 saturated carbocycles. The number of imidazole rings is 1. The van der Waals surface area contributed by atoms with Crippen LogP contribution in [0.2, 0.25) is 10.0 Å². The van der Waals surface area contributed by atoms with Gasteiger partial charge in [0, 0.05) is 36.0 Å². The number of halogens is 2. The lowest BCUT2D eigenvalue weighted by molar-refractivity contribution is 0.396. The summed E-state index contributed by atoms with van der Waals surface area (Å²) in [4.78, 5) is 11.8. The van der Waals surface area contributed by atoms with E-state index in [-0.39, 0.29) is 5.92 Å². The number of nitrogens with zero attached hydrogens (tertiary/aromatic N) is 2. The van der Waals surface area contributed by atoms with Gasteiger partial charge in [-0.25, -0.2) is 9.97 Å². The van der Waals surface area contributed by atoms with Crippen molar-refractivity contribution in [1.29, 1.82) is 0 Å². The Morgan fingerprint density at radius 2 is 2.00 bits per heavy atom. The molecule has 0 amide bonds. The number of ether oxygens (including phenoxy) is 1. The third-order valence-corrected chi connectivity index (χ3v) is 4.49. The summed E-state index contributed by atoms with van der Waals surface area (Å²) in [5.74, 6) is 0.561. The van der Waals surface area contributed by atoms with Crippen LogP contribution in [0.25, 0.3) is 0 Å². The first-order valence-electron chi connectivity index (χ1n) is 7.11. The number of nitrogens with one attached hydrogen (secondary N) is 1. The van der Waals surface area contributed by atoms with E-state index in [1.165, 1.54) is 0 Å². The van der Waals surface area contributed by atoms with E-state index in [0.29, 0.717) is 22.3 Å². The SMILES string of the molecule is COc1cccc(C[C@H](c2cnc[nH]2)c2cccc(Cl)c2Cl)n1. The van der Waals surface area contributed by atoms with E-state index in [0.717, 1.165) is 17.0 Å². The first-order valence-corrected chi connectivity index (χ1v) is 7.86. The van der Waals surface area contributed by atoms with Gasteiger partial charge in [0.15, 0.2) is 0 Å². The molecule has 0 unspecified atom stereocenters. The van der Waals surface area contributed by atoms with Gasteiger partial charge in [0.05, 0.1) is 23.5 Å². The summed E-state index contributed by atoms with van der Waals surface area (Å²) < 4.78 is 5.20. The standard InChI is InChI=1S/C17H15Cl2N3O/c1-23-16-7-2-4-11(22-16)8-13(15-9-20-10-21-15)12-5-3-6-14(18)17(12)19/h2-7,9-10,13H,8H2,1H3,(H,20,21)/t13-/m0/s1. The molecule has 4 nitrogen and oxygen atoms in total. The fraction of sp³-hybridized carbons (Fsp3) is 0.176. The predicted molar refractivity (Wildman–Crippen MR) is 91.4 cm³/mol. The Kier molecular flexibility index (Phi) is 4.84. The molecule has 0 aliphatic heterocycles. The maximum atomic E-state index is 6.42. The van der Waals surface area contributed by atoms with E-state index in [4.69, 9.17) is 27.9 Å².